The van der Waals surface area contributed by atoms with Crippen LogP contribution in [0.4, 0.5) is 11.4 Å². The minimum atomic E-state index is -0.495. The van der Waals surface area contributed by atoms with Crippen molar-refractivity contribution in [1.82, 2.24) is 19.6 Å². The van der Waals surface area contributed by atoms with Crippen molar-refractivity contribution < 1.29 is 18.7 Å². The van der Waals surface area contributed by atoms with Gasteiger partial charge in [-0.05, 0) is 51.0 Å². The Bertz CT molecular complexity index is 1360. The zero-order chi connectivity index (χ0) is 25.1. The number of aromatic nitrogens is 4. The van der Waals surface area contributed by atoms with E-state index in [9.17, 15) is 9.59 Å². The predicted molar refractivity (Wildman–Crippen MR) is 131 cm³/mol. The van der Waals surface area contributed by atoms with Gasteiger partial charge in [0.25, 0.3) is 11.8 Å². The first kappa shape index (κ1) is 23.8. The summed E-state index contributed by atoms with van der Waals surface area (Å²) in [5.41, 5.74) is 3.94. The summed E-state index contributed by atoms with van der Waals surface area (Å²) in [6.45, 7) is 8.29. The van der Waals surface area contributed by atoms with E-state index in [-0.39, 0.29) is 23.7 Å². The zero-order valence-corrected chi connectivity index (χ0v) is 20.4. The number of anilines is 2. The number of para-hydroxylation sites is 1. The minimum Gasteiger partial charge on any atom is -0.485 e. The van der Waals surface area contributed by atoms with Crippen LogP contribution in [-0.4, -0.2) is 31.4 Å². The molecule has 0 radical (unpaired) electrons. The molecule has 0 aliphatic carbocycles. The van der Waals surface area contributed by atoms with Gasteiger partial charge in [-0.1, -0.05) is 18.2 Å². The average molecular weight is 477 g/mol. The third kappa shape index (κ3) is 4.96. The molecule has 1 aromatic carbocycles. The average Bonchev–Trinajstić information content (AvgIpc) is 3.54. The van der Waals surface area contributed by atoms with Gasteiger partial charge < -0.3 is 19.8 Å². The monoisotopic (exact) mass is 476 g/mol. The number of hydrogen-bond donors (Lipinski definition) is 2. The molecule has 0 fully saturated rings. The first-order valence-corrected chi connectivity index (χ1v) is 11.2. The molecular weight excluding hydrogens is 448 g/mol. The number of benzene rings is 1. The van der Waals surface area contributed by atoms with Gasteiger partial charge in [0.05, 0.1) is 29.5 Å². The highest BCUT2D eigenvalue weighted by Gasteiger charge is 2.22. The fourth-order valence-corrected chi connectivity index (χ4v) is 3.69. The van der Waals surface area contributed by atoms with Crippen molar-refractivity contribution in [3.8, 4) is 5.75 Å². The van der Waals surface area contributed by atoms with Crippen LogP contribution in [0.15, 0.2) is 47.1 Å². The Morgan fingerprint density at radius 2 is 1.66 bits per heavy atom. The molecule has 182 valence electrons. The third-order valence-corrected chi connectivity index (χ3v) is 5.74. The molecule has 2 amide bonds. The van der Waals surface area contributed by atoms with Gasteiger partial charge in [0.1, 0.15) is 23.8 Å². The Hall–Kier alpha value is -4.34. The number of nitrogens with one attached hydrogen (secondary N) is 2. The molecule has 0 aliphatic heterocycles. The van der Waals surface area contributed by atoms with Crippen LogP contribution in [0.2, 0.25) is 0 Å². The maximum absolute atomic E-state index is 13.0. The molecule has 0 unspecified atom stereocenters. The molecule has 35 heavy (non-hydrogen) atoms. The van der Waals surface area contributed by atoms with Gasteiger partial charge in [0, 0.05) is 13.6 Å². The number of furan rings is 1. The number of nitrogens with zero attached hydrogens (tertiary/aromatic N) is 4. The summed E-state index contributed by atoms with van der Waals surface area (Å²) in [7, 11) is 1.79. The van der Waals surface area contributed by atoms with Gasteiger partial charge in [-0.2, -0.15) is 10.2 Å². The van der Waals surface area contributed by atoms with Crippen LogP contribution in [0.1, 0.15) is 50.5 Å². The Kier molecular flexibility index (Phi) is 6.72. The second kappa shape index (κ2) is 9.88. The molecule has 0 saturated carbocycles. The summed E-state index contributed by atoms with van der Waals surface area (Å²) in [4.78, 5) is 25.9. The first-order chi connectivity index (χ1) is 16.8. The second-order valence-corrected chi connectivity index (χ2v) is 8.17. The fraction of sp³-hybridized carbons (Fsp3) is 0.280. The SMILES string of the molecule is CCn1ncc(NC(=O)c2ccc(COc3c(C)cccc3C)o2)c1C(=O)Nc1cnn(C)c1C. The normalized spacial score (nSPS) is 10.9. The van der Waals surface area contributed by atoms with E-state index in [0.717, 1.165) is 22.6 Å². The summed E-state index contributed by atoms with van der Waals surface area (Å²) in [6.07, 6.45) is 3.02. The predicted octanol–water partition coefficient (Wildman–Crippen LogP) is 4.24. The van der Waals surface area contributed by atoms with Crippen LogP contribution in [0.3, 0.4) is 0 Å². The smallest absolute Gasteiger partial charge is 0.291 e. The van der Waals surface area contributed by atoms with Gasteiger partial charge in [-0.3, -0.25) is 19.0 Å². The van der Waals surface area contributed by atoms with Gasteiger partial charge in [0.2, 0.25) is 0 Å². The Balaban J connectivity index is 1.47. The first-order valence-electron chi connectivity index (χ1n) is 11.2. The van der Waals surface area contributed by atoms with Crippen LogP contribution in [0, 0.1) is 20.8 Å². The van der Waals surface area contributed by atoms with Crippen molar-refractivity contribution in [3.63, 3.8) is 0 Å². The summed E-state index contributed by atoms with van der Waals surface area (Å²) in [5, 5.41) is 13.9. The molecule has 4 rings (SSSR count). The van der Waals surface area contributed by atoms with Crippen LogP contribution >= 0.6 is 0 Å². The number of rotatable bonds is 8. The highest BCUT2D eigenvalue weighted by molar-refractivity contribution is 6.11. The van der Waals surface area contributed by atoms with E-state index in [1.54, 1.807) is 30.1 Å². The van der Waals surface area contributed by atoms with Crippen molar-refractivity contribution in [2.75, 3.05) is 10.6 Å². The number of carbonyl (C=O) groups is 2. The summed E-state index contributed by atoms with van der Waals surface area (Å²) in [6, 6.07) is 9.19. The van der Waals surface area contributed by atoms with E-state index in [1.807, 2.05) is 45.9 Å². The highest BCUT2D eigenvalue weighted by Crippen LogP contribution is 2.24. The number of hydrogen-bond acceptors (Lipinski definition) is 6. The number of carbonyl (C=O) groups excluding carboxylic acids is 2. The topological polar surface area (TPSA) is 116 Å². The van der Waals surface area contributed by atoms with Crippen LogP contribution in [-0.2, 0) is 20.2 Å². The summed E-state index contributed by atoms with van der Waals surface area (Å²) >= 11 is 0. The van der Waals surface area contributed by atoms with E-state index in [4.69, 9.17) is 9.15 Å². The van der Waals surface area contributed by atoms with Gasteiger partial charge >= 0.3 is 0 Å². The minimum absolute atomic E-state index is 0.101. The molecule has 3 heterocycles. The van der Waals surface area contributed by atoms with Gasteiger partial charge in [0.15, 0.2) is 5.76 Å². The molecular formula is C25H28N6O4. The number of ether oxygens (including phenoxy) is 1. The highest BCUT2D eigenvalue weighted by atomic mass is 16.5. The number of amides is 2. The Morgan fingerprint density at radius 3 is 2.31 bits per heavy atom. The van der Waals surface area contributed by atoms with Crippen molar-refractivity contribution in [2.45, 2.75) is 40.8 Å². The molecule has 10 nitrogen and oxygen atoms in total. The van der Waals surface area contributed by atoms with E-state index in [1.165, 1.54) is 10.9 Å². The lowest BCUT2D eigenvalue weighted by atomic mass is 10.1. The molecule has 0 atom stereocenters. The Morgan fingerprint density at radius 1 is 0.971 bits per heavy atom. The van der Waals surface area contributed by atoms with Crippen LogP contribution < -0.4 is 15.4 Å². The molecule has 4 aromatic rings. The van der Waals surface area contributed by atoms with Crippen molar-refractivity contribution >= 4 is 23.2 Å². The molecule has 0 bridgehead atoms. The van der Waals surface area contributed by atoms with Gasteiger partial charge in [-0.15, -0.1) is 0 Å². The lowest BCUT2D eigenvalue weighted by molar-refractivity contribution is 0.0992. The van der Waals surface area contributed by atoms with Gasteiger partial charge in [-0.25, -0.2) is 0 Å². The zero-order valence-electron chi connectivity index (χ0n) is 20.4. The van der Waals surface area contributed by atoms with Crippen molar-refractivity contribution in [2.24, 2.45) is 7.05 Å². The van der Waals surface area contributed by atoms with E-state index >= 15 is 0 Å². The maximum atomic E-state index is 13.0. The standard InChI is InChI=1S/C25H28N6O4/c1-6-31-22(25(33)28-19-12-26-30(5)17(19)4)20(13-27-31)29-24(32)21-11-10-18(35-21)14-34-23-15(2)8-7-9-16(23)3/h7-13H,6,14H2,1-5H3,(H,28,33)(H,29,32). The van der Waals surface area contributed by atoms with Crippen LogP contribution in [0.5, 0.6) is 5.75 Å². The van der Waals surface area contributed by atoms with Crippen molar-refractivity contribution in [1.29, 1.82) is 0 Å². The Labute approximate surface area is 202 Å². The largest absolute Gasteiger partial charge is 0.485 e. The molecule has 3 aromatic heterocycles. The molecule has 10 heteroatoms. The van der Waals surface area contributed by atoms with E-state index in [2.05, 4.69) is 20.8 Å². The van der Waals surface area contributed by atoms with E-state index < -0.39 is 11.8 Å². The molecule has 0 aliphatic rings. The maximum Gasteiger partial charge on any atom is 0.291 e. The molecule has 2 N–H and O–H groups in total. The van der Waals surface area contributed by atoms with Crippen LogP contribution in [0.25, 0.3) is 0 Å². The van der Waals surface area contributed by atoms with Crippen molar-refractivity contribution in [3.05, 3.63) is 76.8 Å². The second-order valence-electron chi connectivity index (χ2n) is 8.17. The third-order valence-electron chi connectivity index (χ3n) is 5.74. The number of aryl methyl sites for hydroxylation is 4. The quantitative estimate of drug-likeness (QED) is 0.393. The lowest BCUT2D eigenvalue weighted by Gasteiger charge is -2.10. The lowest BCUT2D eigenvalue weighted by Crippen LogP contribution is -2.21. The molecule has 0 saturated heterocycles. The summed E-state index contributed by atoms with van der Waals surface area (Å²) in [5.74, 6) is 0.501. The molecule has 0 spiro atoms. The summed E-state index contributed by atoms with van der Waals surface area (Å²) < 4.78 is 14.8. The fourth-order valence-electron chi connectivity index (χ4n) is 3.69. The van der Waals surface area contributed by atoms with E-state index in [0.29, 0.717) is 18.0 Å².